The fourth-order valence-corrected chi connectivity index (χ4v) is 2.67. The third-order valence-electron chi connectivity index (χ3n) is 3.48. The van der Waals surface area contributed by atoms with Gasteiger partial charge in [-0.1, -0.05) is 22.0 Å². The predicted molar refractivity (Wildman–Crippen MR) is 81.9 cm³/mol. The monoisotopic (exact) mass is 335 g/mol. The van der Waals surface area contributed by atoms with Crippen molar-refractivity contribution in [1.82, 2.24) is 9.55 Å². The maximum Gasteiger partial charge on any atom is 0.133 e. The number of nitrogen functional groups attached to an aromatic ring is 1. The van der Waals surface area contributed by atoms with Crippen molar-refractivity contribution in [3.05, 3.63) is 47.0 Å². The number of rotatable bonds is 4. The summed E-state index contributed by atoms with van der Waals surface area (Å²) < 4.78 is 16.7. The average Bonchev–Trinajstić information content (AvgIpc) is 3.19. The van der Waals surface area contributed by atoms with Gasteiger partial charge in [0, 0.05) is 22.5 Å². The number of benzene rings is 1. The number of anilines is 1. The van der Waals surface area contributed by atoms with E-state index in [0.29, 0.717) is 34.0 Å². The molecular formula is C15H15BrFN3. The Balaban J connectivity index is 2.13. The number of nitrogens with two attached hydrogens (primary N) is 1. The van der Waals surface area contributed by atoms with Gasteiger partial charge >= 0.3 is 0 Å². The van der Waals surface area contributed by atoms with Crippen molar-refractivity contribution >= 4 is 21.7 Å². The minimum absolute atomic E-state index is 0.323. The molecule has 1 aliphatic carbocycles. The van der Waals surface area contributed by atoms with Crippen LogP contribution in [0.2, 0.25) is 0 Å². The summed E-state index contributed by atoms with van der Waals surface area (Å²) in [7, 11) is 0. The molecule has 0 unspecified atom stereocenters. The van der Waals surface area contributed by atoms with Crippen LogP contribution in [0.25, 0.3) is 11.3 Å². The van der Waals surface area contributed by atoms with Crippen LogP contribution in [0.15, 0.2) is 35.3 Å². The van der Waals surface area contributed by atoms with E-state index in [-0.39, 0.29) is 5.82 Å². The quantitative estimate of drug-likeness (QED) is 0.855. The molecule has 5 heteroatoms. The molecule has 1 aliphatic rings. The van der Waals surface area contributed by atoms with Crippen LogP contribution in [0.5, 0.6) is 0 Å². The third-order valence-corrected chi connectivity index (χ3v) is 3.97. The first-order chi connectivity index (χ1) is 9.61. The predicted octanol–water partition coefficient (Wildman–Crippen LogP) is 4.10. The van der Waals surface area contributed by atoms with Crippen LogP contribution in [0.4, 0.5) is 10.2 Å². The van der Waals surface area contributed by atoms with Gasteiger partial charge in [-0.2, -0.15) is 0 Å². The van der Waals surface area contributed by atoms with E-state index in [9.17, 15) is 4.39 Å². The number of halogens is 2. The molecule has 1 saturated carbocycles. The highest BCUT2D eigenvalue weighted by atomic mass is 79.9. The van der Waals surface area contributed by atoms with E-state index in [0.717, 1.165) is 18.7 Å². The SMILES string of the molecule is C=CCn1c(C2CC2)nc(-c2ccc(Br)cc2F)c1N. The standard InChI is InChI=1S/C15H15BrFN3/c1-2-7-20-14(18)13(19-15(20)9-3-4-9)11-6-5-10(16)8-12(11)17/h2,5-6,8-9H,1,3-4,7,18H2. The molecule has 0 aliphatic heterocycles. The average molecular weight is 336 g/mol. The van der Waals surface area contributed by atoms with Crippen LogP contribution in [-0.4, -0.2) is 9.55 Å². The number of hydrogen-bond acceptors (Lipinski definition) is 2. The van der Waals surface area contributed by atoms with Crippen molar-refractivity contribution in [2.45, 2.75) is 25.3 Å². The molecule has 0 saturated heterocycles. The fourth-order valence-electron chi connectivity index (χ4n) is 2.34. The molecule has 2 N–H and O–H groups in total. The molecule has 1 heterocycles. The lowest BCUT2D eigenvalue weighted by Crippen LogP contribution is -2.05. The Morgan fingerprint density at radius 3 is 2.85 bits per heavy atom. The molecular weight excluding hydrogens is 321 g/mol. The molecule has 1 aromatic carbocycles. The lowest BCUT2D eigenvalue weighted by Gasteiger charge is -2.06. The van der Waals surface area contributed by atoms with Gasteiger partial charge in [-0.05, 0) is 31.0 Å². The largest absolute Gasteiger partial charge is 0.383 e. The molecule has 2 aromatic rings. The third kappa shape index (κ3) is 2.26. The van der Waals surface area contributed by atoms with E-state index in [1.807, 2.05) is 4.57 Å². The summed E-state index contributed by atoms with van der Waals surface area (Å²) in [5, 5.41) is 0. The molecule has 1 aromatic heterocycles. The lowest BCUT2D eigenvalue weighted by atomic mass is 10.1. The first-order valence-corrected chi connectivity index (χ1v) is 7.33. The van der Waals surface area contributed by atoms with Gasteiger partial charge < -0.3 is 10.3 Å². The van der Waals surface area contributed by atoms with Crippen molar-refractivity contribution in [3.63, 3.8) is 0 Å². The molecule has 3 rings (SSSR count). The molecule has 20 heavy (non-hydrogen) atoms. The smallest absolute Gasteiger partial charge is 0.133 e. The number of hydrogen-bond donors (Lipinski definition) is 1. The summed E-state index contributed by atoms with van der Waals surface area (Å²) in [6.45, 7) is 4.34. The Labute approximate surface area is 125 Å². The van der Waals surface area contributed by atoms with E-state index < -0.39 is 0 Å². The molecule has 0 bridgehead atoms. The zero-order valence-electron chi connectivity index (χ0n) is 10.9. The van der Waals surface area contributed by atoms with Crippen molar-refractivity contribution in [2.75, 3.05) is 5.73 Å². The summed E-state index contributed by atoms with van der Waals surface area (Å²) in [5.41, 5.74) is 7.14. The van der Waals surface area contributed by atoms with E-state index in [1.54, 1.807) is 18.2 Å². The Bertz CT molecular complexity index is 674. The second-order valence-corrected chi connectivity index (χ2v) is 5.92. The van der Waals surface area contributed by atoms with Crippen LogP contribution in [0, 0.1) is 5.82 Å². The molecule has 0 spiro atoms. The van der Waals surface area contributed by atoms with Crippen LogP contribution in [0.1, 0.15) is 24.6 Å². The van der Waals surface area contributed by atoms with Gasteiger partial charge in [0.25, 0.3) is 0 Å². The van der Waals surface area contributed by atoms with Gasteiger partial charge in [0.2, 0.25) is 0 Å². The van der Waals surface area contributed by atoms with Gasteiger partial charge in [0.1, 0.15) is 23.2 Å². The number of aromatic nitrogens is 2. The molecule has 0 radical (unpaired) electrons. The zero-order chi connectivity index (χ0) is 14.3. The van der Waals surface area contributed by atoms with Crippen LogP contribution in [0.3, 0.4) is 0 Å². The summed E-state index contributed by atoms with van der Waals surface area (Å²) in [4.78, 5) is 4.59. The summed E-state index contributed by atoms with van der Waals surface area (Å²) in [5.74, 6) is 1.58. The Hall–Kier alpha value is -1.62. The first kappa shape index (κ1) is 13.4. The molecule has 3 nitrogen and oxygen atoms in total. The molecule has 0 atom stereocenters. The number of imidazole rings is 1. The normalized spacial score (nSPS) is 14.5. The first-order valence-electron chi connectivity index (χ1n) is 6.54. The zero-order valence-corrected chi connectivity index (χ0v) is 12.5. The van der Waals surface area contributed by atoms with Gasteiger partial charge in [-0.25, -0.2) is 9.37 Å². The van der Waals surface area contributed by atoms with Crippen molar-refractivity contribution in [3.8, 4) is 11.3 Å². The lowest BCUT2D eigenvalue weighted by molar-refractivity contribution is 0.630. The molecule has 0 amide bonds. The highest BCUT2D eigenvalue weighted by Gasteiger charge is 2.31. The van der Waals surface area contributed by atoms with Crippen molar-refractivity contribution in [2.24, 2.45) is 0 Å². The fraction of sp³-hybridized carbons (Fsp3) is 0.267. The van der Waals surface area contributed by atoms with E-state index in [2.05, 4.69) is 27.5 Å². The minimum Gasteiger partial charge on any atom is -0.383 e. The Morgan fingerprint density at radius 2 is 2.25 bits per heavy atom. The highest BCUT2D eigenvalue weighted by Crippen LogP contribution is 2.42. The highest BCUT2D eigenvalue weighted by molar-refractivity contribution is 9.10. The second-order valence-electron chi connectivity index (χ2n) is 5.00. The van der Waals surface area contributed by atoms with Gasteiger partial charge in [-0.3, -0.25) is 0 Å². The Kier molecular flexibility index (Phi) is 3.38. The number of allylic oxidation sites excluding steroid dienone is 1. The molecule has 1 fully saturated rings. The van der Waals surface area contributed by atoms with Gasteiger partial charge in [0.15, 0.2) is 0 Å². The summed E-state index contributed by atoms with van der Waals surface area (Å²) in [6, 6.07) is 4.92. The maximum atomic E-state index is 14.1. The van der Waals surface area contributed by atoms with Crippen molar-refractivity contribution < 1.29 is 4.39 Å². The minimum atomic E-state index is -0.323. The van der Waals surface area contributed by atoms with Crippen LogP contribution < -0.4 is 5.73 Å². The number of nitrogens with zero attached hydrogens (tertiary/aromatic N) is 2. The van der Waals surface area contributed by atoms with Gasteiger partial charge in [-0.15, -0.1) is 6.58 Å². The van der Waals surface area contributed by atoms with Gasteiger partial charge in [0.05, 0.1) is 0 Å². The maximum absolute atomic E-state index is 14.1. The van der Waals surface area contributed by atoms with Crippen molar-refractivity contribution in [1.29, 1.82) is 0 Å². The second kappa shape index (κ2) is 5.05. The summed E-state index contributed by atoms with van der Waals surface area (Å²) >= 11 is 3.25. The topological polar surface area (TPSA) is 43.8 Å². The van der Waals surface area contributed by atoms with Crippen LogP contribution in [-0.2, 0) is 6.54 Å². The Morgan fingerprint density at radius 1 is 1.50 bits per heavy atom. The molecule has 104 valence electrons. The van der Waals surface area contributed by atoms with Crippen LogP contribution >= 0.6 is 15.9 Å². The van der Waals surface area contributed by atoms with E-state index >= 15 is 0 Å². The van der Waals surface area contributed by atoms with E-state index in [4.69, 9.17) is 5.73 Å². The van der Waals surface area contributed by atoms with E-state index in [1.165, 1.54) is 6.07 Å². The summed E-state index contributed by atoms with van der Waals surface area (Å²) in [6.07, 6.45) is 4.03.